The van der Waals surface area contributed by atoms with Crippen molar-refractivity contribution >= 4 is 5.97 Å². The molecule has 0 aliphatic carbocycles. The first-order valence-corrected chi connectivity index (χ1v) is 9.34. The molecule has 0 heterocycles. The van der Waals surface area contributed by atoms with Gasteiger partial charge in [0.1, 0.15) is 6.61 Å². The number of rotatable bonds is 15. The van der Waals surface area contributed by atoms with Gasteiger partial charge in [-0.3, -0.25) is 4.79 Å². The molecule has 0 saturated carbocycles. The molecule has 25 heavy (non-hydrogen) atoms. The summed E-state index contributed by atoms with van der Waals surface area (Å²) in [5.74, 6) is -0.143. The molecule has 0 saturated heterocycles. The zero-order valence-electron chi connectivity index (χ0n) is 15.7. The van der Waals surface area contributed by atoms with Gasteiger partial charge in [0.05, 0.1) is 0 Å². The van der Waals surface area contributed by atoms with Crippen LogP contribution in [-0.4, -0.2) is 12.6 Å². The maximum absolute atomic E-state index is 11.2. The molecule has 0 N–H and O–H groups in total. The number of unbranched alkanes of at least 4 members (excludes halogenated alkanes) is 2. The first kappa shape index (κ1) is 22.9. The normalized spacial score (nSPS) is 12.4. The van der Waals surface area contributed by atoms with Gasteiger partial charge in [0.15, 0.2) is 0 Å². The van der Waals surface area contributed by atoms with Crippen LogP contribution in [0.1, 0.15) is 58.3 Å². The summed E-state index contributed by atoms with van der Waals surface area (Å²) in [6.45, 7) is 5.97. The van der Waals surface area contributed by atoms with E-state index in [2.05, 4.69) is 74.3 Å². The fraction of sp³-hybridized carbons (Fsp3) is 0.435. The highest BCUT2D eigenvalue weighted by Gasteiger charge is 1.99. The molecule has 0 amide bonds. The van der Waals surface area contributed by atoms with Gasteiger partial charge in [-0.2, -0.15) is 0 Å². The Morgan fingerprint density at radius 1 is 0.840 bits per heavy atom. The number of ether oxygens (including phenoxy) is 1. The molecule has 0 bridgehead atoms. The molecule has 0 fully saturated rings. The molecule has 2 heteroatoms. The van der Waals surface area contributed by atoms with Gasteiger partial charge in [-0.25, -0.2) is 0 Å². The van der Waals surface area contributed by atoms with Crippen molar-refractivity contribution < 1.29 is 9.53 Å². The van der Waals surface area contributed by atoms with Crippen molar-refractivity contribution in [3.05, 3.63) is 73.4 Å². The monoisotopic (exact) mass is 342 g/mol. The van der Waals surface area contributed by atoms with Gasteiger partial charge in [-0.1, -0.05) is 80.3 Å². The Hall–Kier alpha value is -2.09. The fourth-order valence-corrected chi connectivity index (χ4v) is 1.96. The van der Waals surface area contributed by atoms with E-state index in [0.29, 0.717) is 13.0 Å². The Labute approximate surface area is 154 Å². The SMILES string of the molecule is C=CCOC(=O)CCCC=CCCC=CC=CCC=CCC=CCC. The average molecular weight is 343 g/mol. The van der Waals surface area contributed by atoms with Crippen molar-refractivity contribution in [2.45, 2.75) is 58.3 Å². The molecular formula is C23H34O2. The summed E-state index contributed by atoms with van der Waals surface area (Å²) in [7, 11) is 0. The molecule has 0 unspecified atom stereocenters. The first-order valence-electron chi connectivity index (χ1n) is 9.34. The highest BCUT2D eigenvalue weighted by atomic mass is 16.5. The Bertz CT molecular complexity index is 464. The molecule has 0 aromatic carbocycles. The zero-order chi connectivity index (χ0) is 18.4. The van der Waals surface area contributed by atoms with Crippen LogP contribution in [0.3, 0.4) is 0 Å². The lowest BCUT2D eigenvalue weighted by atomic mass is 10.2. The Balaban J connectivity index is 3.50. The molecule has 2 nitrogen and oxygen atoms in total. The topological polar surface area (TPSA) is 26.3 Å². The number of hydrogen-bond donors (Lipinski definition) is 0. The summed E-state index contributed by atoms with van der Waals surface area (Å²) in [5.41, 5.74) is 0. The number of allylic oxidation sites excluding steroid dienone is 10. The highest BCUT2D eigenvalue weighted by Crippen LogP contribution is 2.01. The summed E-state index contributed by atoms with van der Waals surface area (Å²) in [6.07, 6.45) is 30.7. The maximum atomic E-state index is 11.2. The molecule has 0 atom stereocenters. The molecule has 0 rings (SSSR count). The van der Waals surface area contributed by atoms with Crippen LogP contribution in [0.15, 0.2) is 73.4 Å². The van der Waals surface area contributed by atoms with Crippen LogP contribution in [0.5, 0.6) is 0 Å². The van der Waals surface area contributed by atoms with E-state index in [4.69, 9.17) is 4.74 Å². The van der Waals surface area contributed by atoms with Gasteiger partial charge in [0, 0.05) is 6.42 Å². The predicted octanol–water partition coefficient (Wildman–Crippen LogP) is 6.64. The molecule has 0 aliphatic heterocycles. The van der Waals surface area contributed by atoms with Gasteiger partial charge in [-0.15, -0.1) is 0 Å². The van der Waals surface area contributed by atoms with E-state index >= 15 is 0 Å². The Morgan fingerprint density at radius 2 is 1.48 bits per heavy atom. The van der Waals surface area contributed by atoms with Crippen LogP contribution < -0.4 is 0 Å². The molecule has 0 radical (unpaired) electrons. The van der Waals surface area contributed by atoms with E-state index in [1.54, 1.807) is 6.08 Å². The van der Waals surface area contributed by atoms with Crippen LogP contribution in [0.2, 0.25) is 0 Å². The lowest BCUT2D eigenvalue weighted by Crippen LogP contribution is -2.03. The van der Waals surface area contributed by atoms with Crippen LogP contribution in [0.25, 0.3) is 0 Å². The molecule has 0 spiro atoms. The number of hydrogen-bond acceptors (Lipinski definition) is 2. The van der Waals surface area contributed by atoms with Gasteiger partial charge in [0.25, 0.3) is 0 Å². The molecule has 0 aromatic heterocycles. The molecule has 0 aliphatic rings. The van der Waals surface area contributed by atoms with Crippen molar-refractivity contribution in [2.24, 2.45) is 0 Å². The first-order chi connectivity index (χ1) is 12.3. The van der Waals surface area contributed by atoms with Gasteiger partial charge in [-0.05, 0) is 44.9 Å². The standard InChI is InChI=1S/C23H34O2/c1-3-5-6-7-8-9-10-11-12-13-14-15-16-17-18-19-20-21-23(24)25-22-4-2/h4-6,8-9,11-14,17-18H,2-3,7,10,15-16,19-22H2,1H3. The second-order valence-electron chi connectivity index (χ2n) is 5.59. The molecule has 0 aromatic rings. The largest absolute Gasteiger partial charge is 0.461 e. The lowest BCUT2D eigenvalue weighted by Gasteiger charge is -1.99. The van der Waals surface area contributed by atoms with Crippen molar-refractivity contribution in [2.75, 3.05) is 6.61 Å². The van der Waals surface area contributed by atoms with Crippen LogP contribution >= 0.6 is 0 Å². The minimum absolute atomic E-state index is 0.143. The molecular weight excluding hydrogens is 308 g/mol. The summed E-state index contributed by atoms with van der Waals surface area (Å²) >= 11 is 0. The third-order valence-corrected chi connectivity index (χ3v) is 3.28. The molecule has 138 valence electrons. The van der Waals surface area contributed by atoms with Gasteiger partial charge in [0.2, 0.25) is 0 Å². The third-order valence-electron chi connectivity index (χ3n) is 3.28. The highest BCUT2D eigenvalue weighted by molar-refractivity contribution is 5.69. The number of carbonyl (C=O) groups is 1. The van der Waals surface area contributed by atoms with E-state index in [1.807, 2.05) is 0 Å². The van der Waals surface area contributed by atoms with Gasteiger partial charge >= 0.3 is 5.97 Å². The zero-order valence-corrected chi connectivity index (χ0v) is 15.7. The maximum Gasteiger partial charge on any atom is 0.306 e. The van der Waals surface area contributed by atoms with Crippen molar-refractivity contribution in [3.63, 3.8) is 0 Å². The lowest BCUT2D eigenvalue weighted by molar-refractivity contribution is -0.142. The Kier molecular flexibility index (Phi) is 18.3. The van der Waals surface area contributed by atoms with Crippen LogP contribution in [-0.2, 0) is 9.53 Å². The summed E-state index contributed by atoms with van der Waals surface area (Å²) in [4.78, 5) is 11.2. The van der Waals surface area contributed by atoms with Crippen molar-refractivity contribution in [1.82, 2.24) is 0 Å². The number of esters is 1. The number of carbonyl (C=O) groups excluding carboxylic acids is 1. The summed E-state index contributed by atoms with van der Waals surface area (Å²) < 4.78 is 4.92. The summed E-state index contributed by atoms with van der Waals surface area (Å²) in [5, 5.41) is 0. The smallest absolute Gasteiger partial charge is 0.306 e. The minimum Gasteiger partial charge on any atom is -0.461 e. The van der Waals surface area contributed by atoms with E-state index in [0.717, 1.165) is 44.9 Å². The summed E-state index contributed by atoms with van der Waals surface area (Å²) in [6, 6.07) is 0. The average Bonchev–Trinajstić information content (AvgIpc) is 2.62. The van der Waals surface area contributed by atoms with Crippen LogP contribution in [0, 0.1) is 0 Å². The predicted molar refractivity (Wildman–Crippen MR) is 109 cm³/mol. The Morgan fingerprint density at radius 3 is 2.24 bits per heavy atom. The van der Waals surface area contributed by atoms with Gasteiger partial charge < -0.3 is 4.74 Å². The minimum atomic E-state index is -0.143. The second kappa shape index (κ2) is 20.0. The van der Waals surface area contributed by atoms with E-state index < -0.39 is 0 Å². The quantitative estimate of drug-likeness (QED) is 0.144. The second-order valence-corrected chi connectivity index (χ2v) is 5.59. The van der Waals surface area contributed by atoms with Crippen molar-refractivity contribution in [3.8, 4) is 0 Å². The van der Waals surface area contributed by atoms with Crippen LogP contribution in [0.4, 0.5) is 0 Å². The third kappa shape index (κ3) is 19.9. The van der Waals surface area contributed by atoms with E-state index in [9.17, 15) is 4.79 Å². The van der Waals surface area contributed by atoms with E-state index in [-0.39, 0.29) is 5.97 Å². The van der Waals surface area contributed by atoms with Crippen molar-refractivity contribution in [1.29, 1.82) is 0 Å². The van der Waals surface area contributed by atoms with E-state index in [1.165, 1.54) is 0 Å². The fourth-order valence-electron chi connectivity index (χ4n) is 1.96.